The summed E-state index contributed by atoms with van der Waals surface area (Å²) in [6.07, 6.45) is 4.32. The second kappa shape index (κ2) is 16.9. The molecule has 0 radical (unpaired) electrons. The maximum atomic E-state index is 5.51. The topological polar surface area (TPSA) is 45.4 Å². The summed E-state index contributed by atoms with van der Waals surface area (Å²) in [5, 5.41) is 6.96. The Morgan fingerprint density at radius 1 is 0.365 bits per heavy atom. The number of nitrogens with zero attached hydrogens (tertiary/aromatic N) is 6. The lowest BCUT2D eigenvalue weighted by Crippen LogP contribution is -2.38. The second-order valence-corrected chi connectivity index (χ2v) is 19.1. The van der Waals surface area contributed by atoms with E-state index in [9.17, 15) is 0 Å². The Kier molecular flexibility index (Phi) is 9.53. The normalized spacial score (nSPS) is 13.4. The fourth-order valence-corrected chi connectivity index (χ4v) is 11.9. The van der Waals surface area contributed by atoms with Gasteiger partial charge in [0, 0.05) is 61.6 Å². The largest absolute Gasteiger partial charge is 0.292 e. The first-order chi connectivity index (χ1) is 36.8. The standard InChI is InChI=1S/C68H45N6/c1-7-23-45(24-8-1)59-55-41-37-51-52-38-42-56-60(46-25-9-2-10-26-46)64(50-33-17-6-18-34-50)74(68-62(48-29-13-4-14-30-48)70-58-36-20-22-44-72(58)68)66(56)54(52)40-39-53(51)65(55)73(63(59)49-31-15-5-16-32-49)67-61(47-27-11-3-12-28-47)69-57-35-19-21-43-71(57)67/h1-44,61H/q+1. The summed E-state index contributed by atoms with van der Waals surface area (Å²) in [4.78, 5) is 10.9. The van der Waals surface area contributed by atoms with Gasteiger partial charge >= 0.3 is 0 Å². The van der Waals surface area contributed by atoms with Crippen LogP contribution in [0, 0.1) is 5.84 Å². The molecule has 1 unspecified atom stereocenters. The molecule has 74 heavy (non-hydrogen) atoms. The SMILES string of the molecule is c1ccc(-c2nc3ccccn3c2-n2c(-c3ccccc3)c(-c3ccccc3)c3ccc4c5ccc6c(-c7ccccc7)c(-c7ccccc7)n(C7=[n+]8ccccc8=NC7c7ccccc7)c6c5ccc4c32)cc1. The van der Waals surface area contributed by atoms with Crippen molar-refractivity contribution in [2.45, 2.75) is 6.04 Å². The maximum absolute atomic E-state index is 5.51. The van der Waals surface area contributed by atoms with Crippen molar-refractivity contribution in [2.24, 2.45) is 4.99 Å². The predicted molar refractivity (Wildman–Crippen MR) is 301 cm³/mol. The van der Waals surface area contributed by atoms with Crippen LogP contribution in [0.3, 0.4) is 0 Å². The van der Waals surface area contributed by atoms with E-state index in [1.54, 1.807) is 0 Å². The number of benzene rings is 9. The first kappa shape index (κ1) is 41.8. The zero-order valence-electron chi connectivity index (χ0n) is 40.2. The third-order valence-electron chi connectivity index (χ3n) is 15.0. The van der Waals surface area contributed by atoms with Gasteiger partial charge in [-0.25, -0.2) is 13.8 Å². The Balaban J connectivity index is 1.13. The molecule has 14 aromatic rings. The van der Waals surface area contributed by atoms with Gasteiger partial charge in [-0.3, -0.25) is 8.97 Å². The fourth-order valence-electron chi connectivity index (χ4n) is 11.9. The molecular weight excluding hydrogens is 901 g/mol. The summed E-state index contributed by atoms with van der Waals surface area (Å²) in [6, 6.07) is 91.5. The van der Waals surface area contributed by atoms with E-state index in [0.29, 0.717) is 0 Å². The molecule has 6 nitrogen and oxygen atoms in total. The fraction of sp³-hybridized carbons (Fsp3) is 0.0147. The van der Waals surface area contributed by atoms with Crippen LogP contribution in [0.25, 0.3) is 111 Å². The lowest BCUT2D eigenvalue weighted by atomic mass is 9.94. The molecule has 6 heterocycles. The number of pyridine rings is 2. The van der Waals surface area contributed by atoms with Gasteiger partial charge in [0.25, 0.3) is 11.3 Å². The summed E-state index contributed by atoms with van der Waals surface area (Å²) >= 11 is 0. The van der Waals surface area contributed by atoms with Crippen molar-refractivity contribution in [2.75, 3.05) is 0 Å². The average Bonchev–Trinajstić information content (AvgIpc) is 4.25. The van der Waals surface area contributed by atoms with E-state index in [1.807, 2.05) is 0 Å². The molecule has 0 saturated carbocycles. The summed E-state index contributed by atoms with van der Waals surface area (Å²) in [7, 11) is 0. The van der Waals surface area contributed by atoms with E-state index < -0.39 is 0 Å². The van der Waals surface area contributed by atoms with Crippen LogP contribution in [0.4, 0.5) is 0 Å². The van der Waals surface area contributed by atoms with E-state index in [2.05, 4.69) is 285 Å². The third-order valence-corrected chi connectivity index (χ3v) is 15.0. The van der Waals surface area contributed by atoms with Crippen LogP contribution in [0.15, 0.2) is 272 Å². The first-order valence-electron chi connectivity index (χ1n) is 25.3. The number of fused-ring (bicyclic) bond motifs is 9. The highest BCUT2D eigenvalue weighted by Gasteiger charge is 2.38. The minimum Gasteiger partial charge on any atom is -0.292 e. The molecule has 0 aliphatic carbocycles. The van der Waals surface area contributed by atoms with Gasteiger partial charge in [0.2, 0.25) is 6.04 Å². The quantitative estimate of drug-likeness (QED) is 0.111. The summed E-state index contributed by atoms with van der Waals surface area (Å²) < 4.78 is 9.62. The summed E-state index contributed by atoms with van der Waals surface area (Å²) in [6.45, 7) is 0. The highest BCUT2D eigenvalue weighted by atomic mass is 15.2. The smallest absolute Gasteiger partial charge is 0.262 e. The van der Waals surface area contributed by atoms with Gasteiger partial charge < -0.3 is 0 Å². The van der Waals surface area contributed by atoms with Gasteiger partial charge in [0.15, 0.2) is 5.82 Å². The van der Waals surface area contributed by atoms with Crippen molar-refractivity contribution in [1.82, 2.24) is 18.5 Å². The Bertz CT molecular complexity index is 4620. The van der Waals surface area contributed by atoms with E-state index in [1.165, 1.54) is 16.5 Å². The van der Waals surface area contributed by atoms with Gasteiger partial charge in [0.1, 0.15) is 22.6 Å². The number of hydrogen-bond donors (Lipinski definition) is 0. The molecule has 1 aliphatic rings. The molecule has 0 saturated heterocycles. The highest BCUT2D eigenvalue weighted by Crippen LogP contribution is 2.50. The number of aromatic nitrogens is 5. The lowest BCUT2D eigenvalue weighted by molar-refractivity contribution is -0.539. The van der Waals surface area contributed by atoms with Crippen molar-refractivity contribution >= 4 is 49.0 Å². The van der Waals surface area contributed by atoms with Gasteiger partial charge in [-0.2, -0.15) is 0 Å². The molecule has 0 fully saturated rings. The van der Waals surface area contributed by atoms with Crippen LogP contribution >= 0.6 is 0 Å². The summed E-state index contributed by atoms with van der Waals surface area (Å²) in [5.74, 6) is 2.05. The second-order valence-electron chi connectivity index (χ2n) is 19.1. The Hall–Kier alpha value is -9.91. The van der Waals surface area contributed by atoms with Crippen LogP contribution in [0.2, 0.25) is 0 Å². The molecule has 1 atom stereocenters. The van der Waals surface area contributed by atoms with Crippen molar-refractivity contribution in [3.8, 4) is 61.8 Å². The molecule has 0 N–H and O–H groups in total. The Morgan fingerprint density at radius 3 is 1.38 bits per heavy atom. The van der Waals surface area contributed by atoms with Gasteiger partial charge in [0.05, 0.1) is 17.4 Å². The van der Waals surface area contributed by atoms with E-state index in [-0.39, 0.29) is 6.04 Å². The van der Waals surface area contributed by atoms with Gasteiger partial charge in [-0.15, -0.1) is 4.99 Å². The summed E-state index contributed by atoms with van der Waals surface area (Å²) in [5.41, 5.74) is 16.3. The van der Waals surface area contributed by atoms with Crippen LogP contribution in [0.5, 0.6) is 0 Å². The molecule has 0 amide bonds. The van der Waals surface area contributed by atoms with Gasteiger partial charge in [-0.05, 0) is 45.7 Å². The zero-order valence-corrected chi connectivity index (χ0v) is 40.2. The zero-order chi connectivity index (χ0) is 48.7. The van der Waals surface area contributed by atoms with Crippen LogP contribution in [0.1, 0.15) is 11.6 Å². The Labute approximate surface area is 426 Å². The third kappa shape index (κ3) is 6.35. The Morgan fingerprint density at radius 2 is 0.811 bits per heavy atom. The van der Waals surface area contributed by atoms with Crippen LogP contribution in [-0.4, -0.2) is 18.5 Å². The lowest BCUT2D eigenvalue weighted by Gasteiger charge is -2.16. The van der Waals surface area contributed by atoms with E-state index >= 15 is 0 Å². The van der Waals surface area contributed by atoms with Crippen LogP contribution < -0.4 is 9.73 Å². The molecule has 9 aromatic carbocycles. The molecule has 346 valence electrons. The molecule has 0 spiro atoms. The van der Waals surface area contributed by atoms with Crippen molar-refractivity contribution in [1.29, 1.82) is 0 Å². The van der Waals surface area contributed by atoms with Crippen molar-refractivity contribution < 1.29 is 4.24 Å². The number of rotatable bonds is 8. The first-order valence-corrected chi connectivity index (χ1v) is 25.3. The maximum Gasteiger partial charge on any atom is 0.262 e. The van der Waals surface area contributed by atoms with Crippen molar-refractivity contribution in [3.63, 3.8) is 0 Å². The molecule has 15 rings (SSSR count). The monoisotopic (exact) mass is 945 g/mol. The molecular formula is C68H45N6+. The molecule has 0 bridgehead atoms. The van der Waals surface area contributed by atoms with Crippen molar-refractivity contribution in [3.05, 3.63) is 284 Å². The predicted octanol–water partition coefficient (Wildman–Crippen LogP) is 15.4. The van der Waals surface area contributed by atoms with Crippen LogP contribution in [-0.2, 0) is 0 Å². The molecule has 6 heteroatoms. The average molecular weight is 946 g/mol. The van der Waals surface area contributed by atoms with E-state index in [4.69, 9.17) is 9.98 Å². The van der Waals surface area contributed by atoms with E-state index in [0.717, 1.165) is 111 Å². The molecule has 1 aliphatic heterocycles. The van der Waals surface area contributed by atoms with Gasteiger partial charge in [-0.1, -0.05) is 231 Å². The minimum atomic E-state index is -0.281. The highest BCUT2D eigenvalue weighted by molar-refractivity contribution is 6.26. The number of imidazole rings is 1. The number of hydrogen-bond acceptors (Lipinski definition) is 2. The molecule has 5 aromatic heterocycles. The minimum absolute atomic E-state index is 0.281.